The number of carbonyl (C=O) groups excluding carboxylic acids is 2. The Hall–Kier alpha value is -3.93. The van der Waals surface area contributed by atoms with E-state index in [0.29, 0.717) is 16.9 Å². The van der Waals surface area contributed by atoms with Crippen LogP contribution in [0.1, 0.15) is 54.6 Å². The maximum Gasteiger partial charge on any atom is 0.295 e. The molecule has 1 unspecified atom stereocenters. The van der Waals surface area contributed by atoms with E-state index in [0.717, 1.165) is 16.7 Å². The van der Waals surface area contributed by atoms with E-state index >= 15 is 0 Å². The molecule has 1 aromatic heterocycles. The van der Waals surface area contributed by atoms with Crippen molar-refractivity contribution < 1.29 is 19.4 Å². The van der Waals surface area contributed by atoms with Crippen molar-refractivity contribution in [1.29, 1.82) is 0 Å². The molecule has 2 aromatic carbocycles. The van der Waals surface area contributed by atoms with Crippen LogP contribution in [0, 0.1) is 6.92 Å². The number of Topliss-reactive ketones (excluding diaryl/α,β-unsaturated/α-hetero) is 1. The molecule has 1 saturated heterocycles. The highest BCUT2D eigenvalue weighted by molar-refractivity contribution is 6.46. The van der Waals surface area contributed by atoms with Crippen molar-refractivity contribution in [2.24, 2.45) is 0 Å². The summed E-state index contributed by atoms with van der Waals surface area (Å²) in [4.78, 5) is 32.3. The average Bonchev–Trinajstić information content (AvgIpc) is 3.09. The Morgan fingerprint density at radius 1 is 1.09 bits per heavy atom. The molecule has 0 saturated carbocycles. The van der Waals surface area contributed by atoms with Gasteiger partial charge in [-0.15, -0.1) is 0 Å². The number of aryl methyl sites for hydroxylation is 1. The maximum absolute atomic E-state index is 13.3. The number of aliphatic hydroxyl groups excluding tert-OH is 1. The molecule has 1 fully saturated rings. The Kier molecular flexibility index (Phi) is 6.48. The van der Waals surface area contributed by atoms with E-state index in [2.05, 4.69) is 25.8 Å². The maximum atomic E-state index is 13.3. The first-order valence-corrected chi connectivity index (χ1v) is 11.5. The number of aliphatic hydroxyl groups is 1. The Morgan fingerprint density at radius 3 is 2.40 bits per heavy atom. The number of pyridine rings is 1. The van der Waals surface area contributed by atoms with Crippen molar-refractivity contribution in [3.8, 4) is 5.75 Å². The summed E-state index contributed by atoms with van der Waals surface area (Å²) in [6, 6.07) is 16.0. The van der Waals surface area contributed by atoms with Crippen LogP contribution in [0.15, 0.2) is 72.6 Å². The molecule has 0 aliphatic carbocycles. The third-order valence-electron chi connectivity index (χ3n) is 6.41. The number of benzene rings is 2. The van der Waals surface area contributed by atoms with Crippen molar-refractivity contribution in [2.75, 3.05) is 7.11 Å². The van der Waals surface area contributed by atoms with Crippen LogP contribution in [0.4, 0.5) is 0 Å². The summed E-state index contributed by atoms with van der Waals surface area (Å²) < 4.78 is 5.23. The lowest BCUT2D eigenvalue weighted by Crippen LogP contribution is -2.29. The van der Waals surface area contributed by atoms with Crippen LogP contribution in [0.25, 0.3) is 5.76 Å². The highest BCUT2D eigenvalue weighted by Crippen LogP contribution is 2.41. The van der Waals surface area contributed by atoms with Gasteiger partial charge in [-0.1, -0.05) is 51.1 Å². The predicted molar refractivity (Wildman–Crippen MR) is 135 cm³/mol. The summed E-state index contributed by atoms with van der Waals surface area (Å²) in [7, 11) is 1.59. The van der Waals surface area contributed by atoms with E-state index < -0.39 is 17.7 Å². The number of hydrogen-bond acceptors (Lipinski definition) is 5. The third kappa shape index (κ3) is 4.69. The second-order valence-electron chi connectivity index (χ2n) is 9.84. The van der Waals surface area contributed by atoms with E-state index in [-0.39, 0.29) is 23.3 Å². The third-order valence-corrected chi connectivity index (χ3v) is 6.41. The Bertz CT molecular complexity index is 1290. The lowest BCUT2D eigenvalue weighted by atomic mass is 9.84. The van der Waals surface area contributed by atoms with Gasteiger partial charge in [0.25, 0.3) is 11.7 Å². The Balaban J connectivity index is 1.86. The molecule has 0 spiro atoms. The van der Waals surface area contributed by atoms with Gasteiger partial charge in [-0.25, -0.2) is 0 Å². The van der Waals surface area contributed by atoms with Crippen LogP contribution < -0.4 is 4.74 Å². The van der Waals surface area contributed by atoms with Gasteiger partial charge < -0.3 is 14.7 Å². The van der Waals surface area contributed by atoms with Gasteiger partial charge in [-0.05, 0) is 58.9 Å². The number of hydrogen-bond donors (Lipinski definition) is 1. The molecular formula is C29H30N2O4. The fourth-order valence-corrected chi connectivity index (χ4v) is 4.34. The SMILES string of the molecule is COc1ccc(CN2C(=O)C(=O)/C(=C(/O)c3cc(C(C)(C)C)ccc3C)C2c2cccnc2)cc1. The second kappa shape index (κ2) is 9.37. The second-order valence-corrected chi connectivity index (χ2v) is 9.84. The number of aromatic nitrogens is 1. The van der Waals surface area contributed by atoms with E-state index in [4.69, 9.17) is 4.74 Å². The van der Waals surface area contributed by atoms with Crippen molar-refractivity contribution in [2.45, 2.75) is 45.7 Å². The van der Waals surface area contributed by atoms with Crippen molar-refractivity contribution in [1.82, 2.24) is 9.88 Å². The van der Waals surface area contributed by atoms with Gasteiger partial charge in [0.1, 0.15) is 11.5 Å². The zero-order valence-corrected chi connectivity index (χ0v) is 20.7. The van der Waals surface area contributed by atoms with E-state index in [1.54, 1.807) is 25.6 Å². The Labute approximate surface area is 205 Å². The number of rotatable bonds is 5. The van der Waals surface area contributed by atoms with Gasteiger partial charge in [0.05, 0.1) is 18.7 Å². The van der Waals surface area contributed by atoms with E-state index in [1.165, 1.54) is 4.90 Å². The first-order chi connectivity index (χ1) is 16.6. The van der Waals surface area contributed by atoms with Gasteiger partial charge in [-0.2, -0.15) is 0 Å². The predicted octanol–water partition coefficient (Wildman–Crippen LogP) is 5.32. The monoisotopic (exact) mass is 470 g/mol. The summed E-state index contributed by atoms with van der Waals surface area (Å²) in [5.74, 6) is -0.821. The zero-order chi connectivity index (χ0) is 25.3. The van der Waals surface area contributed by atoms with Crippen LogP contribution in [0.2, 0.25) is 0 Å². The highest BCUT2D eigenvalue weighted by Gasteiger charge is 2.46. The first-order valence-electron chi connectivity index (χ1n) is 11.5. The molecule has 6 nitrogen and oxygen atoms in total. The molecule has 1 aliphatic rings. The molecule has 1 N–H and O–H groups in total. The minimum atomic E-state index is -0.761. The minimum Gasteiger partial charge on any atom is -0.507 e. The molecular weight excluding hydrogens is 440 g/mol. The number of ether oxygens (including phenoxy) is 1. The smallest absolute Gasteiger partial charge is 0.295 e. The van der Waals surface area contributed by atoms with Gasteiger partial charge in [0.15, 0.2) is 0 Å². The zero-order valence-electron chi connectivity index (χ0n) is 20.7. The first kappa shape index (κ1) is 24.2. The topological polar surface area (TPSA) is 79.7 Å². The van der Waals surface area contributed by atoms with Crippen molar-refractivity contribution >= 4 is 17.4 Å². The number of likely N-dealkylation sites (tertiary alicyclic amines) is 1. The summed E-state index contributed by atoms with van der Waals surface area (Å²) >= 11 is 0. The van der Waals surface area contributed by atoms with Gasteiger partial charge >= 0.3 is 0 Å². The van der Waals surface area contributed by atoms with Gasteiger partial charge in [0, 0.05) is 24.5 Å². The average molecular weight is 471 g/mol. The fourth-order valence-electron chi connectivity index (χ4n) is 4.34. The number of ketones is 1. The summed E-state index contributed by atoms with van der Waals surface area (Å²) in [5.41, 5.74) is 3.82. The van der Waals surface area contributed by atoms with Crippen molar-refractivity contribution in [3.63, 3.8) is 0 Å². The van der Waals surface area contributed by atoms with Crippen LogP contribution >= 0.6 is 0 Å². The molecule has 180 valence electrons. The molecule has 2 heterocycles. The number of methoxy groups -OCH3 is 1. The molecule has 1 atom stereocenters. The summed E-state index contributed by atoms with van der Waals surface area (Å²) in [6.07, 6.45) is 3.26. The van der Waals surface area contributed by atoms with Crippen LogP contribution in [-0.4, -0.2) is 33.8 Å². The largest absolute Gasteiger partial charge is 0.507 e. The lowest BCUT2D eigenvalue weighted by Gasteiger charge is -2.26. The van der Waals surface area contributed by atoms with Crippen molar-refractivity contribution in [3.05, 3.63) is 100 Å². The molecule has 1 aliphatic heterocycles. The molecule has 0 bridgehead atoms. The molecule has 1 amide bonds. The van der Waals surface area contributed by atoms with Gasteiger partial charge in [-0.3, -0.25) is 14.6 Å². The molecule has 6 heteroatoms. The van der Waals surface area contributed by atoms with E-state index in [9.17, 15) is 14.7 Å². The van der Waals surface area contributed by atoms with Gasteiger partial charge in [0.2, 0.25) is 0 Å². The molecule has 3 aromatic rings. The van der Waals surface area contributed by atoms with Crippen LogP contribution in [-0.2, 0) is 21.5 Å². The highest BCUT2D eigenvalue weighted by atomic mass is 16.5. The minimum absolute atomic E-state index is 0.0747. The Morgan fingerprint density at radius 2 is 1.80 bits per heavy atom. The fraction of sp³-hybridized carbons (Fsp3) is 0.276. The quantitative estimate of drug-likeness (QED) is 0.310. The van der Waals surface area contributed by atoms with Crippen LogP contribution in [0.3, 0.4) is 0 Å². The molecule has 0 radical (unpaired) electrons. The number of nitrogens with zero attached hydrogens (tertiary/aromatic N) is 2. The number of amides is 1. The molecule has 35 heavy (non-hydrogen) atoms. The van der Waals surface area contributed by atoms with E-state index in [1.807, 2.05) is 55.5 Å². The molecule has 4 rings (SSSR count). The standard InChI is InChI=1S/C29H30N2O4/c1-18-8-11-21(29(2,3)4)15-23(18)26(32)24-25(20-7-6-14-30-16-20)31(28(34)27(24)33)17-19-9-12-22(35-5)13-10-19/h6-16,25,32H,17H2,1-5H3/b26-24+. The van der Waals surface area contributed by atoms with Crippen LogP contribution in [0.5, 0.6) is 5.75 Å². The summed E-state index contributed by atoms with van der Waals surface area (Å²) in [6.45, 7) is 8.35. The summed E-state index contributed by atoms with van der Waals surface area (Å²) in [5, 5.41) is 11.5. The number of carbonyl (C=O) groups is 2. The normalized spacial score (nSPS) is 17.6. The lowest BCUT2D eigenvalue weighted by molar-refractivity contribution is -0.140.